The van der Waals surface area contributed by atoms with Crippen LogP contribution in [0.1, 0.15) is 188 Å². The Morgan fingerprint density at radius 2 is 0.721 bits per heavy atom. The average Bonchev–Trinajstić information content (AvgIpc) is 3.00. The van der Waals surface area contributed by atoms with Gasteiger partial charge >= 0.3 is 17.9 Å². The third kappa shape index (κ3) is 26.5. The van der Waals surface area contributed by atoms with Crippen molar-refractivity contribution >= 4 is 17.9 Å². The van der Waals surface area contributed by atoms with Crippen LogP contribution < -0.4 is 0 Å². The molecule has 0 amide bonds. The van der Waals surface area contributed by atoms with E-state index in [0.717, 1.165) is 57.8 Å². The Hall–Kier alpha value is -1.59. The summed E-state index contributed by atoms with van der Waals surface area (Å²) < 4.78 is 16.5. The molecule has 0 fully saturated rings. The predicted octanol–water partition coefficient (Wildman–Crippen LogP) is 10.7. The van der Waals surface area contributed by atoms with Crippen LogP contribution in [-0.2, 0) is 28.6 Å². The minimum Gasteiger partial charge on any atom is -0.466 e. The van der Waals surface area contributed by atoms with Gasteiger partial charge in [0.15, 0.2) is 0 Å². The van der Waals surface area contributed by atoms with E-state index in [4.69, 9.17) is 14.2 Å². The molecule has 0 aliphatic rings. The standard InChI is InChI=1S/C37H70O6/c1-5-8-11-14-17-20-23-26-29-41-35(38)32-34(37(40)43-31-28-25-22-19-16-13-10-7-3)33(4)36(39)42-30-27-24-21-18-15-12-9-6-2/h33-34H,5-32H2,1-4H3. The number of hydrogen-bond donors (Lipinski definition) is 0. The van der Waals surface area contributed by atoms with Gasteiger partial charge in [-0.3, -0.25) is 14.4 Å². The van der Waals surface area contributed by atoms with Crippen molar-refractivity contribution in [3.8, 4) is 0 Å². The van der Waals surface area contributed by atoms with Crippen LogP contribution in [0.4, 0.5) is 0 Å². The lowest BCUT2D eigenvalue weighted by Crippen LogP contribution is -2.33. The zero-order chi connectivity index (χ0) is 31.8. The lowest BCUT2D eigenvalue weighted by atomic mass is 9.91. The van der Waals surface area contributed by atoms with E-state index in [9.17, 15) is 14.4 Å². The maximum Gasteiger partial charge on any atom is 0.310 e. The Bertz CT molecular complexity index is 649. The lowest BCUT2D eigenvalue weighted by Gasteiger charge is -2.21. The highest BCUT2D eigenvalue weighted by molar-refractivity contribution is 5.85. The maximum absolute atomic E-state index is 13.0. The number of esters is 3. The summed E-state index contributed by atoms with van der Waals surface area (Å²) in [5, 5.41) is 0. The first kappa shape index (κ1) is 41.4. The molecule has 0 radical (unpaired) electrons. The van der Waals surface area contributed by atoms with E-state index in [-0.39, 0.29) is 6.42 Å². The zero-order valence-electron chi connectivity index (χ0n) is 28.9. The van der Waals surface area contributed by atoms with Crippen molar-refractivity contribution in [1.29, 1.82) is 0 Å². The van der Waals surface area contributed by atoms with Gasteiger partial charge in [-0.05, 0) is 19.3 Å². The van der Waals surface area contributed by atoms with Crippen LogP contribution in [0.25, 0.3) is 0 Å². The summed E-state index contributed by atoms with van der Waals surface area (Å²) in [7, 11) is 0. The monoisotopic (exact) mass is 611 g/mol. The average molecular weight is 611 g/mol. The molecule has 2 atom stereocenters. The molecule has 6 nitrogen and oxygen atoms in total. The summed E-state index contributed by atoms with van der Waals surface area (Å²) in [6.45, 7) is 9.35. The molecule has 0 aromatic heterocycles. The predicted molar refractivity (Wildman–Crippen MR) is 178 cm³/mol. The number of carbonyl (C=O) groups is 3. The van der Waals surface area contributed by atoms with Gasteiger partial charge in [-0.2, -0.15) is 0 Å². The molecule has 43 heavy (non-hydrogen) atoms. The molecule has 0 aromatic carbocycles. The van der Waals surface area contributed by atoms with Gasteiger partial charge in [0.2, 0.25) is 0 Å². The number of carbonyl (C=O) groups excluding carboxylic acids is 3. The molecule has 6 heteroatoms. The quantitative estimate of drug-likeness (QED) is 0.0428. The fourth-order valence-corrected chi connectivity index (χ4v) is 5.34. The van der Waals surface area contributed by atoms with Gasteiger partial charge in [0, 0.05) is 0 Å². The first-order chi connectivity index (χ1) is 21.0. The number of hydrogen-bond acceptors (Lipinski definition) is 6. The molecule has 0 saturated heterocycles. The molecule has 254 valence electrons. The Labute approximate surface area is 266 Å². The van der Waals surface area contributed by atoms with Crippen molar-refractivity contribution in [3.63, 3.8) is 0 Å². The van der Waals surface area contributed by atoms with Crippen LogP contribution in [0.2, 0.25) is 0 Å². The molecule has 2 unspecified atom stereocenters. The molecule has 0 N–H and O–H groups in total. The van der Waals surface area contributed by atoms with Crippen molar-refractivity contribution in [2.45, 2.75) is 188 Å². The third-order valence-electron chi connectivity index (χ3n) is 8.41. The zero-order valence-corrected chi connectivity index (χ0v) is 28.9. The van der Waals surface area contributed by atoms with E-state index < -0.39 is 29.7 Å². The Morgan fingerprint density at radius 3 is 1.09 bits per heavy atom. The highest BCUT2D eigenvalue weighted by Crippen LogP contribution is 2.21. The van der Waals surface area contributed by atoms with E-state index in [2.05, 4.69) is 20.8 Å². The first-order valence-electron chi connectivity index (χ1n) is 18.5. The van der Waals surface area contributed by atoms with Gasteiger partial charge in [-0.25, -0.2) is 0 Å². The molecule has 0 heterocycles. The van der Waals surface area contributed by atoms with Crippen LogP contribution >= 0.6 is 0 Å². The van der Waals surface area contributed by atoms with Gasteiger partial charge < -0.3 is 14.2 Å². The van der Waals surface area contributed by atoms with E-state index in [0.29, 0.717) is 19.8 Å². The van der Waals surface area contributed by atoms with Crippen LogP contribution in [0.5, 0.6) is 0 Å². The fraction of sp³-hybridized carbons (Fsp3) is 0.919. The van der Waals surface area contributed by atoms with Gasteiger partial charge in [0.05, 0.1) is 38.1 Å². The molecule has 0 rings (SSSR count). The molecular weight excluding hydrogens is 540 g/mol. The summed E-state index contributed by atoms with van der Waals surface area (Å²) in [6, 6.07) is 0. The van der Waals surface area contributed by atoms with Crippen molar-refractivity contribution in [2.75, 3.05) is 19.8 Å². The molecular formula is C37H70O6. The molecule has 0 aliphatic heterocycles. The highest BCUT2D eigenvalue weighted by Gasteiger charge is 2.35. The van der Waals surface area contributed by atoms with Crippen LogP contribution in [0, 0.1) is 11.8 Å². The van der Waals surface area contributed by atoms with Crippen molar-refractivity contribution in [2.24, 2.45) is 11.8 Å². The molecule has 0 aliphatic carbocycles. The summed E-state index contributed by atoms with van der Waals surface area (Å²) in [5.41, 5.74) is 0. The van der Waals surface area contributed by atoms with Gasteiger partial charge in [0.25, 0.3) is 0 Å². The minimum atomic E-state index is -0.883. The van der Waals surface area contributed by atoms with Crippen LogP contribution in [0.15, 0.2) is 0 Å². The second kappa shape index (κ2) is 31.8. The van der Waals surface area contributed by atoms with Crippen LogP contribution in [-0.4, -0.2) is 37.7 Å². The SMILES string of the molecule is CCCCCCCCCCOC(=O)CC(C(=O)OCCCCCCCCCC)C(C)C(=O)OCCCCCCCCCC. The minimum absolute atomic E-state index is 0.151. The molecule has 0 bridgehead atoms. The van der Waals surface area contributed by atoms with E-state index in [1.165, 1.54) is 96.3 Å². The fourth-order valence-electron chi connectivity index (χ4n) is 5.34. The number of ether oxygens (including phenoxy) is 3. The molecule has 0 aromatic rings. The third-order valence-corrected chi connectivity index (χ3v) is 8.41. The van der Waals surface area contributed by atoms with Crippen LogP contribution in [0.3, 0.4) is 0 Å². The second-order valence-corrected chi connectivity index (χ2v) is 12.6. The van der Waals surface area contributed by atoms with E-state index in [1.54, 1.807) is 6.92 Å². The maximum atomic E-state index is 13.0. The molecule has 0 saturated carbocycles. The van der Waals surface area contributed by atoms with Crippen molar-refractivity contribution in [1.82, 2.24) is 0 Å². The summed E-state index contributed by atoms with van der Waals surface area (Å²) >= 11 is 0. The van der Waals surface area contributed by atoms with E-state index >= 15 is 0 Å². The van der Waals surface area contributed by atoms with Crippen molar-refractivity contribution < 1.29 is 28.6 Å². The summed E-state index contributed by atoms with van der Waals surface area (Å²) in [5.74, 6) is -3.02. The van der Waals surface area contributed by atoms with Gasteiger partial charge in [-0.1, -0.05) is 163 Å². The van der Waals surface area contributed by atoms with Crippen molar-refractivity contribution in [3.05, 3.63) is 0 Å². The Kier molecular flexibility index (Phi) is 30.6. The number of unbranched alkanes of at least 4 members (excludes halogenated alkanes) is 21. The highest BCUT2D eigenvalue weighted by atomic mass is 16.5. The summed E-state index contributed by atoms with van der Waals surface area (Å²) in [6.07, 6.45) is 27.7. The summed E-state index contributed by atoms with van der Waals surface area (Å²) in [4.78, 5) is 38.5. The Morgan fingerprint density at radius 1 is 0.419 bits per heavy atom. The lowest BCUT2D eigenvalue weighted by molar-refractivity contribution is -0.164. The second-order valence-electron chi connectivity index (χ2n) is 12.6. The first-order valence-corrected chi connectivity index (χ1v) is 18.5. The topological polar surface area (TPSA) is 78.9 Å². The Balaban J connectivity index is 4.57. The van der Waals surface area contributed by atoms with Gasteiger partial charge in [0.1, 0.15) is 0 Å². The number of rotatable bonds is 32. The largest absolute Gasteiger partial charge is 0.466 e. The smallest absolute Gasteiger partial charge is 0.310 e. The normalized spacial score (nSPS) is 12.6. The molecule has 0 spiro atoms. The van der Waals surface area contributed by atoms with E-state index in [1.807, 2.05) is 0 Å². The van der Waals surface area contributed by atoms with Gasteiger partial charge in [-0.15, -0.1) is 0 Å².